The van der Waals surface area contributed by atoms with Crippen LogP contribution in [0.4, 0.5) is 0 Å². The second-order valence-electron chi connectivity index (χ2n) is 0.448. The normalized spacial score (nSPS) is 8.29. The van der Waals surface area contributed by atoms with E-state index in [4.69, 9.17) is 17.5 Å². The SMILES string of the molecule is O=S(=O)(O)O.S.[Ag]. The van der Waals surface area contributed by atoms with E-state index in [2.05, 4.69) is 0 Å². The second-order valence-corrected chi connectivity index (χ2v) is 1.34. The molecule has 0 rings (SSSR count). The van der Waals surface area contributed by atoms with Crippen molar-refractivity contribution in [3.63, 3.8) is 0 Å². The first kappa shape index (κ1) is 15.7. The van der Waals surface area contributed by atoms with Gasteiger partial charge in [0.15, 0.2) is 0 Å². The van der Waals surface area contributed by atoms with Gasteiger partial charge in [-0.3, -0.25) is 9.11 Å². The van der Waals surface area contributed by atoms with E-state index in [1.807, 2.05) is 0 Å². The summed E-state index contributed by atoms with van der Waals surface area (Å²) in [5, 5.41) is 0. The van der Waals surface area contributed by atoms with Gasteiger partial charge >= 0.3 is 10.4 Å². The van der Waals surface area contributed by atoms with Gasteiger partial charge in [-0.2, -0.15) is 21.9 Å². The van der Waals surface area contributed by atoms with Crippen LogP contribution in [0.1, 0.15) is 0 Å². The minimum atomic E-state index is -4.67. The van der Waals surface area contributed by atoms with Gasteiger partial charge in [-0.25, -0.2) is 0 Å². The van der Waals surface area contributed by atoms with Gasteiger partial charge in [0, 0.05) is 22.4 Å². The van der Waals surface area contributed by atoms with E-state index in [0.717, 1.165) is 0 Å². The molecule has 7 heteroatoms. The summed E-state index contributed by atoms with van der Waals surface area (Å²) >= 11 is 0. The summed E-state index contributed by atoms with van der Waals surface area (Å²) in [4.78, 5) is 0. The zero-order chi connectivity index (χ0) is 4.50. The Balaban J connectivity index is -0.0000000800. The molecule has 0 saturated carbocycles. The molecule has 0 amide bonds. The first-order chi connectivity index (χ1) is 2.00. The Morgan fingerprint density at radius 2 is 1.14 bits per heavy atom. The molecular formula is H4AgO4S2. The van der Waals surface area contributed by atoms with Crippen molar-refractivity contribution in [1.29, 1.82) is 0 Å². The van der Waals surface area contributed by atoms with Crippen molar-refractivity contribution in [2.75, 3.05) is 0 Å². The van der Waals surface area contributed by atoms with Crippen molar-refractivity contribution < 1.29 is 39.9 Å². The Bertz CT molecular complexity index is 92.9. The third kappa shape index (κ3) is 186. The fourth-order valence-corrected chi connectivity index (χ4v) is 0. The van der Waals surface area contributed by atoms with E-state index in [1.165, 1.54) is 0 Å². The van der Waals surface area contributed by atoms with Crippen molar-refractivity contribution in [2.45, 2.75) is 0 Å². The summed E-state index contributed by atoms with van der Waals surface area (Å²) in [5.41, 5.74) is 0. The van der Waals surface area contributed by atoms with Crippen LogP contribution < -0.4 is 0 Å². The minimum absolute atomic E-state index is 0. The Hall–Kier alpha value is 0.960. The Morgan fingerprint density at radius 1 is 1.14 bits per heavy atom. The molecule has 0 heterocycles. The zero-order valence-corrected chi connectivity index (χ0v) is 6.22. The van der Waals surface area contributed by atoms with Gasteiger partial charge in [0.1, 0.15) is 0 Å². The number of hydrogen-bond acceptors (Lipinski definition) is 2. The zero-order valence-electron chi connectivity index (χ0n) is 2.92. The molecule has 0 fully saturated rings. The van der Waals surface area contributed by atoms with E-state index in [0.29, 0.717) is 0 Å². The van der Waals surface area contributed by atoms with Gasteiger partial charge in [-0.1, -0.05) is 0 Å². The van der Waals surface area contributed by atoms with Gasteiger partial charge in [0.2, 0.25) is 0 Å². The minimum Gasteiger partial charge on any atom is -0.264 e. The predicted molar refractivity (Wildman–Crippen MR) is 24.6 cm³/mol. The van der Waals surface area contributed by atoms with Crippen LogP contribution in [0.2, 0.25) is 0 Å². The maximum absolute atomic E-state index is 8.74. The second kappa shape index (κ2) is 5.10. The molecule has 0 saturated heterocycles. The van der Waals surface area contributed by atoms with Gasteiger partial charge in [-0.05, 0) is 0 Å². The van der Waals surface area contributed by atoms with E-state index >= 15 is 0 Å². The molecular weight excluding hydrogens is 236 g/mol. The summed E-state index contributed by atoms with van der Waals surface area (Å²) < 4.78 is 31.6. The molecule has 0 spiro atoms. The largest absolute Gasteiger partial charge is 0.394 e. The van der Waals surface area contributed by atoms with Gasteiger partial charge in [0.05, 0.1) is 0 Å². The fraction of sp³-hybridized carbons (Fsp3) is 0. The van der Waals surface area contributed by atoms with Crippen molar-refractivity contribution in [2.24, 2.45) is 0 Å². The van der Waals surface area contributed by atoms with Crippen LogP contribution in [0.25, 0.3) is 0 Å². The molecule has 0 atom stereocenters. The molecule has 0 aromatic heterocycles. The van der Waals surface area contributed by atoms with Crippen molar-refractivity contribution in [1.82, 2.24) is 0 Å². The average molecular weight is 240 g/mol. The summed E-state index contributed by atoms with van der Waals surface area (Å²) in [7, 11) is -4.67. The van der Waals surface area contributed by atoms with Crippen LogP contribution in [0.5, 0.6) is 0 Å². The maximum atomic E-state index is 8.74. The van der Waals surface area contributed by atoms with Crippen molar-refractivity contribution in [3.8, 4) is 0 Å². The van der Waals surface area contributed by atoms with Crippen molar-refractivity contribution in [3.05, 3.63) is 0 Å². The van der Waals surface area contributed by atoms with Crippen LogP contribution in [-0.2, 0) is 32.8 Å². The summed E-state index contributed by atoms with van der Waals surface area (Å²) in [6, 6.07) is 0. The third-order valence-corrected chi connectivity index (χ3v) is 0. The molecule has 0 bridgehead atoms. The van der Waals surface area contributed by atoms with E-state index in [1.54, 1.807) is 0 Å². The molecule has 2 N–H and O–H groups in total. The molecule has 0 unspecified atom stereocenters. The van der Waals surface area contributed by atoms with E-state index in [9.17, 15) is 0 Å². The Morgan fingerprint density at radius 3 is 1.14 bits per heavy atom. The van der Waals surface area contributed by atoms with Gasteiger partial charge < -0.3 is 0 Å². The predicted octanol–water partition coefficient (Wildman–Crippen LogP) is -0.542. The van der Waals surface area contributed by atoms with Crippen LogP contribution in [0, 0.1) is 0 Å². The van der Waals surface area contributed by atoms with Crippen molar-refractivity contribution >= 4 is 23.9 Å². The third-order valence-electron chi connectivity index (χ3n) is 0. The Labute approximate surface area is 63.8 Å². The van der Waals surface area contributed by atoms with Gasteiger partial charge in [0.25, 0.3) is 0 Å². The molecule has 0 aliphatic heterocycles. The standard InChI is InChI=1S/Ag.H2O4S.H2S/c;1-5(2,3)4;/h;(H2,1,2,3,4);1H2. The first-order valence-corrected chi connectivity index (χ1v) is 2.10. The quantitative estimate of drug-likeness (QED) is 0.440. The monoisotopic (exact) mass is 239 g/mol. The molecule has 0 aliphatic rings. The summed E-state index contributed by atoms with van der Waals surface area (Å²) in [5.74, 6) is 0. The van der Waals surface area contributed by atoms with Crippen LogP contribution >= 0.6 is 13.5 Å². The molecule has 51 valence electrons. The number of rotatable bonds is 0. The smallest absolute Gasteiger partial charge is 0.264 e. The van der Waals surface area contributed by atoms with Crippen LogP contribution in [0.3, 0.4) is 0 Å². The molecule has 4 nitrogen and oxygen atoms in total. The fourth-order valence-electron chi connectivity index (χ4n) is 0. The maximum Gasteiger partial charge on any atom is 0.394 e. The Kier molecular flexibility index (Phi) is 11.4. The topological polar surface area (TPSA) is 74.6 Å². The summed E-state index contributed by atoms with van der Waals surface area (Å²) in [6.07, 6.45) is 0. The number of hydrogen-bond donors (Lipinski definition) is 2. The summed E-state index contributed by atoms with van der Waals surface area (Å²) in [6.45, 7) is 0. The van der Waals surface area contributed by atoms with Crippen LogP contribution in [-0.4, -0.2) is 17.5 Å². The first-order valence-electron chi connectivity index (χ1n) is 0.698. The molecule has 1 radical (unpaired) electrons. The average Bonchev–Trinajstić information content (AvgIpc) is 0.722. The molecule has 7 heavy (non-hydrogen) atoms. The molecule has 0 aromatic rings. The van der Waals surface area contributed by atoms with Crippen LogP contribution in [0.15, 0.2) is 0 Å². The molecule has 0 aromatic carbocycles. The van der Waals surface area contributed by atoms with E-state index in [-0.39, 0.29) is 35.9 Å². The van der Waals surface area contributed by atoms with E-state index < -0.39 is 10.4 Å². The van der Waals surface area contributed by atoms with Gasteiger partial charge in [-0.15, -0.1) is 0 Å². The molecule has 0 aliphatic carbocycles.